The molecule has 0 bridgehead atoms. The molecule has 3 aromatic rings. The summed E-state index contributed by atoms with van der Waals surface area (Å²) in [6.07, 6.45) is 1.51. The van der Waals surface area contributed by atoms with Crippen molar-refractivity contribution in [3.05, 3.63) is 82.2 Å². The maximum absolute atomic E-state index is 12.1. The van der Waals surface area contributed by atoms with Gasteiger partial charge in [0.05, 0.1) is 18.9 Å². The summed E-state index contributed by atoms with van der Waals surface area (Å²) in [4.78, 5) is 35.7. The summed E-state index contributed by atoms with van der Waals surface area (Å²) in [5.41, 5.74) is 9.17. The number of hydrazone groups is 1. The maximum Gasteiger partial charge on any atom is 0.337 e. The molecule has 8 nitrogen and oxygen atoms in total. The highest BCUT2D eigenvalue weighted by atomic mass is 16.5. The summed E-state index contributed by atoms with van der Waals surface area (Å²) in [6.45, 7) is 8.09. The van der Waals surface area contributed by atoms with Crippen molar-refractivity contribution in [1.29, 1.82) is 0 Å². The maximum atomic E-state index is 12.1. The van der Waals surface area contributed by atoms with Crippen LogP contribution in [0.5, 0.6) is 0 Å². The molecule has 0 saturated carbocycles. The van der Waals surface area contributed by atoms with Gasteiger partial charge in [-0.05, 0) is 75.2 Å². The fraction of sp³-hybridized carbons (Fsp3) is 0.200. The first-order chi connectivity index (χ1) is 15.7. The Morgan fingerprint density at radius 2 is 1.64 bits per heavy atom. The summed E-state index contributed by atoms with van der Waals surface area (Å²) >= 11 is 0. The molecule has 33 heavy (non-hydrogen) atoms. The van der Waals surface area contributed by atoms with Crippen LogP contribution in [-0.2, 0) is 14.3 Å². The molecule has 0 aliphatic heterocycles. The van der Waals surface area contributed by atoms with Crippen molar-refractivity contribution < 1.29 is 19.1 Å². The number of hydrogen-bond donors (Lipinski definition) is 2. The van der Waals surface area contributed by atoms with Crippen molar-refractivity contribution in [1.82, 2.24) is 9.99 Å². The first-order valence-corrected chi connectivity index (χ1v) is 10.3. The minimum Gasteiger partial charge on any atom is -0.465 e. The lowest BCUT2D eigenvalue weighted by molar-refractivity contribution is -0.136. The van der Waals surface area contributed by atoms with Gasteiger partial charge in [-0.15, -0.1) is 0 Å². The number of ether oxygens (including phenoxy) is 1. The number of aromatic nitrogens is 1. The monoisotopic (exact) mass is 446 g/mol. The van der Waals surface area contributed by atoms with Crippen LogP contribution in [0, 0.1) is 27.7 Å². The fourth-order valence-electron chi connectivity index (χ4n) is 3.46. The zero-order chi connectivity index (χ0) is 24.1. The lowest BCUT2D eigenvalue weighted by Crippen LogP contribution is -2.32. The average molecular weight is 447 g/mol. The first kappa shape index (κ1) is 23.5. The van der Waals surface area contributed by atoms with Gasteiger partial charge in [-0.3, -0.25) is 9.59 Å². The van der Waals surface area contributed by atoms with Gasteiger partial charge in [0, 0.05) is 28.3 Å². The third-order valence-corrected chi connectivity index (χ3v) is 5.22. The number of amides is 2. The first-order valence-electron chi connectivity index (χ1n) is 10.3. The van der Waals surface area contributed by atoms with Crippen LogP contribution in [0.2, 0.25) is 0 Å². The summed E-state index contributed by atoms with van der Waals surface area (Å²) < 4.78 is 6.76. The second kappa shape index (κ2) is 9.95. The van der Waals surface area contributed by atoms with Gasteiger partial charge >= 0.3 is 17.8 Å². The van der Waals surface area contributed by atoms with Gasteiger partial charge in [-0.25, -0.2) is 10.2 Å². The van der Waals surface area contributed by atoms with Gasteiger partial charge in [-0.2, -0.15) is 5.10 Å². The zero-order valence-corrected chi connectivity index (χ0v) is 19.2. The van der Waals surface area contributed by atoms with Gasteiger partial charge in [-0.1, -0.05) is 12.1 Å². The van der Waals surface area contributed by atoms with E-state index in [2.05, 4.69) is 50.3 Å². The predicted molar refractivity (Wildman–Crippen MR) is 127 cm³/mol. The minimum absolute atomic E-state index is 0.336. The van der Waals surface area contributed by atoms with Crippen LogP contribution in [0.3, 0.4) is 0 Å². The highest BCUT2D eigenvalue weighted by Crippen LogP contribution is 2.23. The van der Waals surface area contributed by atoms with E-state index >= 15 is 0 Å². The van der Waals surface area contributed by atoms with Crippen LogP contribution in [0.25, 0.3) is 5.69 Å². The number of hydrogen-bond acceptors (Lipinski definition) is 5. The Hall–Kier alpha value is -4.20. The average Bonchev–Trinajstić information content (AvgIpc) is 3.08. The molecule has 0 aliphatic rings. The summed E-state index contributed by atoms with van der Waals surface area (Å²) in [6, 6.07) is 14.2. The Kier molecular flexibility index (Phi) is 7.07. The molecular weight excluding hydrogens is 420 g/mol. The third kappa shape index (κ3) is 5.35. The predicted octanol–water partition coefficient (Wildman–Crippen LogP) is 3.59. The molecule has 0 spiro atoms. The van der Waals surface area contributed by atoms with Crippen molar-refractivity contribution in [2.24, 2.45) is 5.10 Å². The van der Waals surface area contributed by atoms with E-state index < -0.39 is 17.8 Å². The Labute approximate surface area is 192 Å². The number of benzene rings is 2. The highest BCUT2D eigenvalue weighted by molar-refractivity contribution is 6.39. The SMILES string of the molecule is COC(=O)c1ccc(NC(=O)C(=O)N/N=C\c2cc(C)n(-c3cc(C)ccc3C)c2C)cc1. The van der Waals surface area contributed by atoms with Crippen molar-refractivity contribution >= 4 is 29.7 Å². The van der Waals surface area contributed by atoms with E-state index in [1.807, 2.05) is 26.8 Å². The molecule has 0 saturated heterocycles. The van der Waals surface area contributed by atoms with Crippen LogP contribution in [0.15, 0.2) is 53.6 Å². The molecule has 2 aromatic carbocycles. The number of carbonyl (C=O) groups is 3. The number of esters is 1. The van der Waals surface area contributed by atoms with Crippen LogP contribution in [-0.4, -0.2) is 35.7 Å². The number of nitrogens with one attached hydrogen (secondary N) is 2. The Bertz CT molecular complexity index is 1240. The van der Waals surface area contributed by atoms with Crippen molar-refractivity contribution in [3.63, 3.8) is 0 Å². The van der Waals surface area contributed by atoms with E-state index in [9.17, 15) is 14.4 Å². The molecule has 2 N–H and O–H groups in total. The molecule has 2 amide bonds. The Balaban J connectivity index is 1.66. The molecule has 8 heteroatoms. The van der Waals surface area contributed by atoms with Gasteiger partial charge in [0.2, 0.25) is 0 Å². The van der Waals surface area contributed by atoms with E-state index in [-0.39, 0.29) is 0 Å². The molecule has 0 fully saturated rings. The summed E-state index contributed by atoms with van der Waals surface area (Å²) in [5.74, 6) is -2.28. The van der Waals surface area contributed by atoms with Crippen LogP contribution < -0.4 is 10.7 Å². The van der Waals surface area contributed by atoms with Crippen LogP contribution in [0.1, 0.15) is 38.4 Å². The largest absolute Gasteiger partial charge is 0.465 e. The second-order valence-corrected chi connectivity index (χ2v) is 7.67. The number of methoxy groups -OCH3 is 1. The molecule has 0 unspecified atom stereocenters. The topological polar surface area (TPSA) is 102 Å². The Morgan fingerprint density at radius 3 is 2.30 bits per heavy atom. The molecule has 0 atom stereocenters. The lowest BCUT2D eigenvalue weighted by atomic mass is 10.1. The molecular formula is C25H26N4O4. The van der Waals surface area contributed by atoms with E-state index in [4.69, 9.17) is 0 Å². The highest BCUT2D eigenvalue weighted by Gasteiger charge is 2.15. The van der Waals surface area contributed by atoms with Crippen LogP contribution >= 0.6 is 0 Å². The van der Waals surface area contributed by atoms with E-state index in [1.165, 1.54) is 37.6 Å². The molecule has 3 rings (SSSR count). The zero-order valence-electron chi connectivity index (χ0n) is 19.2. The van der Waals surface area contributed by atoms with Crippen LogP contribution in [0.4, 0.5) is 5.69 Å². The van der Waals surface area contributed by atoms with Gasteiger partial charge < -0.3 is 14.6 Å². The minimum atomic E-state index is -0.911. The number of nitrogens with zero attached hydrogens (tertiary/aromatic N) is 2. The molecule has 170 valence electrons. The number of anilines is 1. The normalized spacial score (nSPS) is 10.8. The Morgan fingerprint density at radius 1 is 0.939 bits per heavy atom. The third-order valence-electron chi connectivity index (χ3n) is 5.22. The molecule has 0 aliphatic carbocycles. The number of carbonyl (C=O) groups excluding carboxylic acids is 3. The number of rotatable bonds is 5. The van der Waals surface area contributed by atoms with Crippen molar-refractivity contribution in [2.45, 2.75) is 27.7 Å². The van der Waals surface area contributed by atoms with Crippen molar-refractivity contribution in [2.75, 3.05) is 12.4 Å². The second-order valence-electron chi connectivity index (χ2n) is 7.67. The van der Waals surface area contributed by atoms with Gasteiger partial charge in [0.25, 0.3) is 0 Å². The van der Waals surface area contributed by atoms with E-state index in [0.717, 1.165) is 33.8 Å². The van der Waals surface area contributed by atoms with E-state index in [0.29, 0.717) is 11.3 Å². The van der Waals surface area contributed by atoms with Gasteiger partial charge in [0.15, 0.2) is 0 Å². The fourth-order valence-corrected chi connectivity index (χ4v) is 3.46. The number of aryl methyl sites for hydroxylation is 3. The molecule has 1 aromatic heterocycles. The van der Waals surface area contributed by atoms with E-state index in [1.54, 1.807) is 0 Å². The smallest absolute Gasteiger partial charge is 0.337 e. The standard InChI is InChI=1S/C25H26N4O4/c1-15-6-7-16(2)22(12-15)29-17(3)13-20(18(29)4)14-26-28-24(31)23(30)27-21-10-8-19(9-11-21)25(32)33-5/h6-14H,1-5H3,(H,27,30)(H,28,31)/b26-14-. The molecule has 0 radical (unpaired) electrons. The molecule has 1 heterocycles. The van der Waals surface area contributed by atoms with Gasteiger partial charge in [0.1, 0.15) is 0 Å². The summed E-state index contributed by atoms with van der Waals surface area (Å²) in [5, 5.41) is 6.39. The summed E-state index contributed by atoms with van der Waals surface area (Å²) in [7, 11) is 1.28. The van der Waals surface area contributed by atoms with Crippen molar-refractivity contribution in [3.8, 4) is 5.69 Å². The lowest BCUT2D eigenvalue weighted by Gasteiger charge is -2.13. The quantitative estimate of drug-likeness (QED) is 0.271.